The summed E-state index contributed by atoms with van der Waals surface area (Å²) in [6.45, 7) is 9.26. The summed E-state index contributed by atoms with van der Waals surface area (Å²) in [5, 5.41) is 3.29. The molecule has 1 aromatic rings. The fourth-order valence-electron chi connectivity index (χ4n) is 1.22. The van der Waals surface area contributed by atoms with Gasteiger partial charge in [0, 0.05) is 12.6 Å². The Morgan fingerprint density at radius 1 is 1.41 bits per heavy atom. The average molecular weight is 235 g/mol. The van der Waals surface area contributed by atoms with Crippen molar-refractivity contribution in [2.45, 2.75) is 39.3 Å². The maximum Gasteiger partial charge on any atom is 0.232 e. The van der Waals surface area contributed by atoms with E-state index in [1.54, 1.807) is 12.4 Å². The van der Waals surface area contributed by atoms with Crippen LogP contribution >= 0.6 is 0 Å². The predicted molar refractivity (Wildman–Crippen MR) is 68.9 cm³/mol. The quantitative estimate of drug-likeness (QED) is 0.555. The molecule has 0 unspecified atom stereocenters. The summed E-state index contributed by atoms with van der Waals surface area (Å²) in [5.74, 6) is 0.586. The van der Waals surface area contributed by atoms with Crippen molar-refractivity contribution in [3.63, 3.8) is 0 Å². The van der Waals surface area contributed by atoms with E-state index in [2.05, 4.69) is 35.7 Å². The highest BCUT2D eigenvalue weighted by atomic mass is 16.5. The Kier molecular flexibility index (Phi) is 6.25. The Hall–Kier alpha value is -1.42. The fraction of sp³-hybridized carbons (Fsp3) is 0.538. The molecular formula is C13H21N3O. The molecule has 0 saturated heterocycles. The van der Waals surface area contributed by atoms with Gasteiger partial charge < -0.3 is 10.1 Å². The van der Waals surface area contributed by atoms with Gasteiger partial charge in [0.2, 0.25) is 5.88 Å². The van der Waals surface area contributed by atoms with E-state index in [0.717, 1.165) is 25.1 Å². The SMILES string of the molecule is C=CCCCOc1cnc(CNC(C)C)cn1. The Labute approximate surface area is 103 Å². The lowest BCUT2D eigenvalue weighted by Crippen LogP contribution is -2.22. The lowest BCUT2D eigenvalue weighted by Gasteiger charge is -2.08. The Balaban J connectivity index is 2.31. The van der Waals surface area contributed by atoms with E-state index >= 15 is 0 Å². The van der Waals surface area contributed by atoms with Crippen LogP contribution in [0.3, 0.4) is 0 Å². The second-order valence-corrected chi connectivity index (χ2v) is 4.16. The summed E-state index contributed by atoms with van der Waals surface area (Å²) in [6, 6.07) is 0.451. The number of ether oxygens (including phenoxy) is 1. The van der Waals surface area contributed by atoms with E-state index in [0.29, 0.717) is 18.5 Å². The van der Waals surface area contributed by atoms with E-state index in [1.807, 2.05) is 6.08 Å². The van der Waals surface area contributed by atoms with Crippen molar-refractivity contribution in [1.29, 1.82) is 0 Å². The van der Waals surface area contributed by atoms with Gasteiger partial charge >= 0.3 is 0 Å². The molecule has 0 fully saturated rings. The molecule has 94 valence electrons. The van der Waals surface area contributed by atoms with Crippen LogP contribution < -0.4 is 10.1 Å². The zero-order valence-electron chi connectivity index (χ0n) is 10.6. The van der Waals surface area contributed by atoms with Gasteiger partial charge in [-0.05, 0) is 12.8 Å². The lowest BCUT2D eigenvalue weighted by atomic mass is 10.3. The van der Waals surface area contributed by atoms with Crippen LogP contribution in [-0.2, 0) is 6.54 Å². The first-order chi connectivity index (χ1) is 8.22. The minimum Gasteiger partial charge on any atom is -0.477 e. The topological polar surface area (TPSA) is 47.0 Å². The van der Waals surface area contributed by atoms with Crippen molar-refractivity contribution in [1.82, 2.24) is 15.3 Å². The van der Waals surface area contributed by atoms with Crippen LogP contribution in [0.4, 0.5) is 0 Å². The van der Waals surface area contributed by atoms with Gasteiger partial charge in [-0.25, -0.2) is 4.98 Å². The molecule has 4 heteroatoms. The highest BCUT2D eigenvalue weighted by Crippen LogP contribution is 2.05. The molecule has 0 atom stereocenters. The molecule has 0 spiro atoms. The molecule has 0 saturated carbocycles. The van der Waals surface area contributed by atoms with Gasteiger partial charge in [0.25, 0.3) is 0 Å². The molecule has 0 aliphatic rings. The van der Waals surface area contributed by atoms with Gasteiger partial charge in [0.1, 0.15) is 0 Å². The van der Waals surface area contributed by atoms with Crippen molar-refractivity contribution < 1.29 is 4.74 Å². The summed E-state index contributed by atoms with van der Waals surface area (Å²) in [7, 11) is 0. The number of unbranched alkanes of at least 4 members (excludes halogenated alkanes) is 1. The van der Waals surface area contributed by atoms with Crippen LogP contribution in [0.15, 0.2) is 25.0 Å². The molecule has 1 N–H and O–H groups in total. The minimum atomic E-state index is 0.451. The van der Waals surface area contributed by atoms with Gasteiger partial charge in [-0.3, -0.25) is 4.98 Å². The number of hydrogen-bond acceptors (Lipinski definition) is 4. The molecule has 1 rings (SSSR count). The van der Waals surface area contributed by atoms with Crippen LogP contribution in [0, 0.1) is 0 Å². The highest BCUT2D eigenvalue weighted by molar-refractivity contribution is 5.07. The van der Waals surface area contributed by atoms with Crippen LogP contribution in [-0.4, -0.2) is 22.6 Å². The molecule has 17 heavy (non-hydrogen) atoms. The third-order valence-electron chi connectivity index (χ3n) is 2.18. The van der Waals surface area contributed by atoms with E-state index in [-0.39, 0.29) is 0 Å². The Bertz CT molecular complexity index is 322. The molecule has 0 aliphatic carbocycles. The highest BCUT2D eigenvalue weighted by Gasteiger charge is 1.99. The minimum absolute atomic E-state index is 0.451. The molecule has 0 aliphatic heterocycles. The van der Waals surface area contributed by atoms with E-state index in [9.17, 15) is 0 Å². The number of allylic oxidation sites excluding steroid dienone is 1. The summed E-state index contributed by atoms with van der Waals surface area (Å²) < 4.78 is 5.45. The first kappa shape index (κ1) is 13.6. The number of hydrogen-bond donors (Lipinski definition) is 1. The molecule has 1 heterocycles. The first-order valence-electron chi connectivity index (χ1n) is 6.00. The molecule has 4 nitrogen and oxygen atoms in total. The van der Waals surface area contributed by atoms with Crippen LogP contribution in [0.5, 0.6) is 5.88 Å². The van der Waals surface area contributed by atoms with Gasteiger partial charge in [-0.2, -0.15) is 0 Å². The molecule has 0 aromatic carbocycles. The first-order valence-corrected chi connectivity index (χ1v) is 6.00. The zero-order valence-corrected chi connectivity index (χ0v) is 10.6. The van der Waals surface area contributed by atoms with Crippen molar-refractivity contribution in [2.24, 2.45) is 0 Å². The second-order valence-electron chi connectivity index (χ2n) is 4.16. The number of nitrogens with one attached hydrogen (secondary N) is 1. The molecular weight excluding hydrogens is 214 g/mol. The lowest BCUT2D eigenvalue weighted by molar-refractivity contribution is 0.298. The molecule has 0 radical (unpaired) electrons. The monoisotopic (exact) mass is 235 g/mol. The van der Waals surface area contributed by atoms with Gasteiger partial charge in [0.15, 0.2) is 0 Å². The van der Waals surface area contributed by atoms with E-state index in [1.165, 1.54) is 0 Å². The largest absolute Gasteiger partial charge is 0.477 e. The summed E-state index contributed by atoms with van der Waals surface area (Å²) in [5.41, 5.74) is 0.928. The molecule has 0 amide bonds. The Morgan fingerprint density at radius 3 is 2.82 bits per heavy atom. The average Bonchev–Trinajstić information content (AvgIpc) is 2.33. The third-order valence-corrected chi connectivity index (χ3v) is 2.18. The second kappa shape index (κ2) is 7.79. The van der Waals surface area contributed by atoms with Crippen LogP contribution in [0.1, 0.15) is 32.4 Å². The third kappa shape index (κ3) is 6.02. The van der Waals surface area contributed by atoms with Gasteiger partial charge in [-0.15, -0.1) is 6.58 Å². The summed E-state index contributed by atoms with van der Waals surface area (Å²) in [6.07, 6.45) is 7.23. The zero-order chi connectivity index (χ0) is 12.5. The summed E-state index contributed by atoms with van der Waals surface area (Å²) >= 11 is 0. The maximum absolute atomic E-state index is 5.45. The smallest absolute Gasteiger partial charge is 0.232 e. The predicted octanol–water partition coefficient (Wildman–Crippen LogP) is 2.32. The summed E-state index contributed by atoms with van der Waals surface area (Å²) in [4.78, 5) is 8.48. The standard InChI is InChI=1S/C13H21N3O/c1-4-5-6-7-17-13-10-15-12(9-16-13)8-14-11(2)3/h4,9-11,14H,1,5-8H2,2-3H3. The molecule has 0 bridgehead atoms. The van der Waals surface area contributed by atoms with Crippen LogP contribution in [0.25, 0.3) is 0 Å². The fourth-order valence-corrected chi connectivity index (χ4v) is 1.22. The van der Waals surface area contributed by atoms with E-state index in [4.69, 9.17) is 4.74 Å². The maximum atomic E-state index is 5.45. The van der Waals surface area contributed by atoms with Gasteiger partial charge in [0.05, 0.1) is 24.7 Å². The number of nitrogens with zero attached hydrogens (tertiary/aromatic N) is 2. The molecule has 1 aromatic heterocycles. The normalized spacial score (nSPS) is 10.5. The van der Waals surface area contributed by atoms with Crippen molar-refractivity contribution in [3.05, 3.63) is 30.7 Å². The van der Waals surface area contributed by atoms with Crippen molar-refractivity contribution >= 4 is 0 Å². The van der Waals surface area contributed by atoms with Gasteiger partial charge in [-0.1, -0.05) is 19.9 Å². The number of aromatic nitrogens is 2. The van der Waals surface area contributed by atoms with Crippen molar-refractivity contribution in [2.75, 3.05) is 6.61 Å². The number of rotatable bonds is 8. The Morgan fingerprint density at radius 2 is 2.24 bits per heavy atom. The van der Waals surface area contributed by atoms with Crippen molar-refractivity contribution in [3.8, 4) is 5.88 Å². The van der Waals surface area contributed by atoms with E-state index < -0.39 is 0 Å². The van der Waals surface area contributed by atoms with Crippen LogP contribution in [0.2, 0.25) is 0 Å².